The lowest BCUT2D eigenvalue weighted by atomic mass is 10.1. The van der Waals surface area contributed by atoms with Crippen LogP contribution < -0.4 is 10.6 Å². The van der Waals surface area contributed by atoms with Gasteiger partial charge in [-0.25, -0.2) is 0 Å². The quantitative estimate of drug-likeness (QED) is 0.802. The highest BCUT2D eigenvalue weighted by Gasteiger charge is 2.24. The van der Waals surface area contributed by atoms with E-state index in [-0.39, 0.29) is 11.8 Å². The number of carbonyl (C=O) groups is 1. The van der Waals surface area contributed by atoms with Crippen molar-refractivity contribution in [2.75, 3.05) is 11.9 Å². The second kappa shape index (κ2) is 6.87. The van der Waals surface area contributed by atoms with E-state index in [0.717, 1.165) is 28.5 Å². The number of rotatable bonds is 4. The molecule has 0 aliphatic heterocycles. The molecule has 1 aromatic carbocycles. The predicted molar refractivity (Wildman–Crippen MR) is 82.5 cm³/mol. The Balaban J connectivity index is 1.73. The van der Waals surface area contributed by atoms with E-state index < -0.39 is 0 Å². The van der Waals surface area contributed by atoms with E-state index in [1.165, 1.54) is 0 Å². The van der Waals surface area contributed by atoms with Gasteiger partial charge >= 0.3 is 0 Å². The third kappa shape index (κ3) is 4.48. The first-order valence-corrected chi connectivity index (χ1v) is 7.43. The molecule has 19 heavy (non-hydrogen) atoms. The first-order valence-electron chi connectivity index (χ1n) is 6.36. The van der Waals surface area contributed by atoms with Crippen LogP contribution in [0.25, 0.3) is 0 Å². The topological polar surface area (TPSA) is 64.9 Å². The van der Waals surface area contributed by atoms with Crippen molar-refractivity contribution in [2.24, 2.45) is 5.92 Å². The number of halogens is 1. The Hall–Kier alpha value is -1.13. The molecule has 0 radical (unpaired) electrons. The van der Waals surface area contributed by atoms with Gasteiger partial charge in [0.05, 0.1) is 12.6 Å². The van der Waals surface area contributed by atoms with Gasteiger partial charge in [-0.05, 0) is 66.1 Å². The van der Waals surface area contributed by atoms with Crippen LogP contribution in [0.5, 0.6) is 0 Å². The zero-order valence-electron chi connectivity index (χ0n) is 10.5. The van der Waals surface area contributed by atoms with Crippen LogP contribution in [0.1, 0.15) is 19.3 Å². The zero-order chi connectivity index (χ0) is 13.7. The average Bonchev–Trinajstić information content (AvgIpc) is 2.87. The molecule has 1 aromatic rings. The number of amides is 1. The SMILES string of the molecule is N#CC1CCC(NCC(=O)Nc2ccc(I)cc2)C1. The van der Waals surface area contributed by atoms with E-state index >= 15 is 0 Å². The molecule has 1 aliphatic carbocycles. The predicted octanol–water partition coefficient (Wildman–Crippen LogP) is 2.51. The van der Waals surface area contributed by atoms with Gasteiger partial charge in [-0.3, -0.25) is 4.79 Å². The lowest BCUT2D eigenvalue weighted by molar-refractivity contribution is -0.115. The van der Waals surface area contributed by atoms with E-state index in [1.54, 1.807) is 0 Å². The molecule has 0 aromatic heterocycles. The molecule has 2 unspecified atom stereocenters. The molecule has 1 saturated carbocycles. The smallest absolute Gasteiger partial charge is 0.238 e. The van der Waals surface area contributed by atoms with Gasteiger partial charge in [0.15, 0.2) is 0 Å². The highest BCUT2D eigenvalue weighted by atomic mass is 127. The Labute approximate surface area is 126 Å². The van der Waals surface area contributed by atoms with Crippen molar-refractivity contribution in [3.05, 3.63) is 27.8 Å². The molecule has 2 N–H and O–H groups in total. The summed E-state index contributed by atoms with van der Waals surface area (Å²) in [5.41, 5.74) is 0.813. The average molecular weight is 369 g/mol. The van der Waals surface area contributed by atoms with Crippen LogP contribution in [-0.4, -0.2) is 18.5 Å². The summed E-state index contributed by atoms with van der Waals surface area (Å²) in [6, 6.07) is 10.3. The van der Waals surface area contributed by atoms with E-state index in [1.807, 2.05) is 24.3 Å². The second-order valence-electron chi connectivity index (χ2n) is 4.77. The maximum absolute atomic E-state index is 11.8. The molecular weight excluding hydrogens is 353 g/mol. The van der Waals surface area contributed by atoms with E-state index in [2.05, 4.69) is 39.3 Å². The van der Waals surface area contributed by atoms with Gasteiger partial charge < -0.3 is 10.6 Å². The van der Waals surface area contributed by atoms with Gasteiger partial charge in [-0.15, -0.1) is 0 Å². The molecule has 5 heteroatoms. The molecule has 2 rings (SSSR count). The summed E-state index contributed by atoms with van der Waals surface area (Å²) >= 11 is 2.23. The van der Waals surface area contributed by atoms with Crippen molar-refractivity contribution < 1.29 is 4.79 Å². The summed E-state index contributed by atoms with van der Waals surface area (Å²) in [7, 11) is 0. The minimum absolute atomic E-state index is 0.0402. The lowest BCUT2D eigenvalue weighted by Gasteiger charge is -2.12. The Morgan fingerprint density at radius 1 is 1.37 bits per heavy atom. The van der Waals surface area contributed by atoms with Gasteiger partial charge in [0, 0.05) is 21.2 Å². The van der Waals surface area contributed by atoms with Gasteiger partial charge in [0.2, 0.25) is 5.91 Å². The van der Waals surface area contributed by atoms with E-state index in [0.29, 0.717) is 12.6 Å². The highest BCUT2D eigenvalue weighted by molar-refractivity contribution is 14.1. The lowest BCUT2D eigenvalue weighted by Crippen LogP contribution is -2.34. The zero-order valence-corrected chi connectivity index (χ0v) is 12.7. The fourth-order valence-corrected chi connectivity index (χ4v) is 2.62. The molecular formula is C14H16IN3O. The Morgan fingerprint density at radius 2 is 2.11 bits per heavy atom. The summed E-state index contributed by atoms with van der Waals surface area (Å²) in [6.45, 7) is 0.300. The molecule has 1 fully saturated rings. The normalized spacial score (nSPS) is 21.9. The molecule has 1 aliphatic rings. The molecule has 0 heterocycles. The minimum atomic E-state index is -0.0402. The number of nitrogens with one attached hydrogen (secondary N) is 2. The Bertz CT molecular complexity index is 480. The van der Waals surface area contributed by atoms with Gasteiger partial charge in [-0.1, -0.05) is 0 Å². The molecule has 0 spiro atoms. The number of carbonyl (C=O) groups excluding carboxylic acids is 1. The van der Waals surface area contributed by atoms with Crippen molar-refractivity contribution in [3.63, 3.8) is 0 Å². The maximum atomic E-state index is 11.8. The Morgan fingerprint density at radius 3 is 2.74 bits per heavy atom. The van der Waals surface area contributed by atoms with Crippen LogP contribution in [0, 0.1) is 20.8 Å². The van der Waals surface area contributed by atoms with Crippen LogP contribution in [0.2, 0.25) is 0 Å². The summed E-state index contributed by atoms with van der Waals surface area (Å²) in [5, 5.41) is 14.9. The molecule has 1 amide bonds. The first kappa shape index (κ1) is 14.3. The van der Waals surface area contributed by atoms with Crippen molar-refractivity contribution >= 4 is 34.2 Å². The first-order chi connectivity index (χ1) is 9.17. The molecule has 100 valence electrons. The number of anilines is 1. The maximum Gasteiger partial charge on any atom is 0.238 e. The van der Waals surface area contributed by atoms with Crippen LogP contribution in [0.4, 0.5) is 5.69 Å². The van der Waals surface area contributed by atoms with Crippen LogP contribution in [0.3, 0.4) is 0 Å². The number of nitrogens with zero attached hydrogens (tertiary/aromatic N) is 1. The molecule has 2 atom stereocenters. The minimum Gasteiger partial charge on any atom is -0.325 e. The van der Waals surface area contributed by atoms with Crippen LogP contribution in [0.15, 0.2) is 24.3 Å². The van der Waals surface area contributed by atoms with Crippen molar-refractivity contribution in [1.82, 2.24) is 5.32 Å². The van der Waals surface area contributed by atoms with Crippen LogP contribution >= 0.6 is 22.6 Å². The van der Waals surface area contributed by atoms with Crippen molar-refractivity contribution in [2.45, 2.75) is 25.3 Å². The van der Waals surface area contributed by atoms with Gasteiger partial charge in [0.1, 0.15) is 0 Å². The summed E-state index contributed by atoms with van der Waals surface area (Å²) in [4.78, 5) is 11.8. The van der Waals surface area contributed by atoms with Gasteiger partial charge in [-0.2, -0.15) is 5.26 Å². The second-order valence-corrected chi connectivity index (χ2v) is 6.02. The largest absolute Gasteiger partial charge is 0.325 e. The molecule has 4 nitrogen and oxygen atoms in total. The standard InChI is InChI=1S/C14H16IN3O/c15-11-2-5-12(6-3-11)18-14(19)9-17-13-4-1-10(7-13)8-16/h2-3,5-6,10,13,17H,1,4,7,9H2,(H,18,19). The summed E-state index contributed by atoms with van der Waals surface area (Å²) in [5.74, 6) is 0.110. The molecule has 0 saturated heterocycles. The molecule has 0 bridgehead atoms. The van der Waals surface area contributed by atoms with Crippen molar-refractivity contribution in [1.29, 1.82) is 5.26 Å². The number of benzene rings is 1. The van der Waals surface area contributed by atoms with Crippen LogP contribution in [-0.2, 0) is 4.79 Å². The highest BCUT2D eigenvalue weighted by Crippen LogP contribution is 2.24. The number of nitriles is 1. The number of hydrogen-bond acceptors (Lipinski definition) is 3. The Kier molecular flexibility index (Phi) is 5.16. The van der Waals surface area contributed by atoms with Gasteiger partial charge in [0.25, 0.3) is 0 Å². The van der Waals surface area contributed by atoms with E-state index in [4.69, 9.17) is 5.26 Å². The number of hydrogen-bond donors (Lipinski definition) is 2. The van der Waals surface area contributed by atoms with Crippen molar-refractivity contribution in [3.8, 4) is 6.07 Å². The summed E-state index contributed by atoms with van der Waals surface area (Å²) in [6.07, 6.45) is 2.77. The monoisotopic (exact) mass is 369 g/mol. The van der Waals surface area contributed by atoms with E-state index in [9.17, 15) is 4.79 Å². The third-order valence-electron chi connectivity index (χ3n) is 3.29. The summed E-state index contributed by atoms with van der Waals surface area (Å²) < 4.78 is 1.14. The fraction of sp³-hybridized carbons (Fsp3) is 0.429. The third-order valence-corrected chi connectivity index (χ3v) is 4.01. The fourth-order valence-electron chi connectivity index (χ4n) is 2.26.